The average Bonchev–Trinajstić information content (AvgIpc) is 3.31. The smallest absolute Gasteiger partial charge is 0.213 e. The van der Waals surface area contributed by atoms with E-state index in [0.717, 1.165) is 18.3 Å². The van der Waals surface area contributed by atoms with Crippen molar-refractivity contribution in [1.29, 1.82) is 0 Å². The molecule has 1 aliphatic carbocycles. The van der Waals surface area contributed by atoms with Gasteiger partial charge in [0.05, 0.1) is 18.8 Å². The van der Waals surface area contributed by atoms with Crippen molar-refractivity contribution in [2.24, 2.45) is 11.7 Å². The van der Waals surface area contributed by atoms with Crippen molar-refractivity contribution in [3.63, 3.8) is 0 Å². The van der Waals surface area contributed by atoms with Crippen LogP contribution in [0.3, 0.4) is 0 Å². The lowest BCUT2D eigenvalue weighted by atomic mass is 9.86. The molecule has 0 spiro atoms. The molecule has 2 aliphatic rings. The number of rotatable bonds is 4. The minimum atomic E-state index is 0.376. The van der Waals surface area contributed by atoms with E-state index in [9.17, 15) is 0 Å². The van der Waals surface area contributed by atoms with Gasteiger partial charge in [-0.05, 0) is 50.8 Å². The third kappa shape index (κ3) is 2.60. The van der Waals surface area contributed by atoms with Gasteiger partial charge < -0.3 is 10.5 Å². The second-order valence-corrected chi connectivity index (χ2v) is 5.66. The van der Waals surface area contributed by atoms with Gasteiger partial charge in [0.2, 0.25) is 5.88 Å². The Morgan fingerprint density at radius 1 is 1.37 bits per heavy atom. The number of likely N-dealkylation sites (tertiary alicyclic amines) is 1. The fourth-order valence-corrected chi connectivity index (χ4v) is 3.29. The Hall–Kier alpha value is -1.13. The summed E-state index contributed by atoms with van der Waals surface area (Å²) < 4.78 is 5.27. The van der Waals surface area contributed by atoms with Gasteiger partial charge in [0, 0.05) is 12.1 Å². The van der Waals surface area contributed by atoms with Crippen molar-refractivity contribution in [3.8, 4) is 5.88 Å². The molecule has 2 N–H and O–H groups in total. The number of aromatic nitrogens is 1. The Morgan fingerprint density at radius 2 is 2.21 bits per heavy atom. The summed E-state index contributed by atoms with van der Waals surface area (Å²) in [5.41, 5.74) is 7.12. The van der Waals surface area contributed by atoms with Crippen LogP contribution in [0.2, 0.25) is 0 Å². The molecule has 1 saturated carbocycles. The average molecular weight is 261 g/mol. The van der Waals surface area contributed by atoms with Crippen LogP contribution in [0.25, 0.3) is 0 Å². The molecule has 1 aromatic rings. The van der Waals surface area contributed by atoms with Crippen LogP contribution in [0.1, 0.15) is 37.4 Å². The zero-order valence-corrected chi connectivity index (χ0v) is 11.6. The Morgan fingerprint density at radius 3 is 2.89 bits per heavy atom. The molecule has 0 radical (unpaired) electrons. The largest absolute Gasteiger partial charge is 0.481 e. The molecule has 1 saturated heterocycles. The van der Waals surface area contributed by atoms with Crippen molar-refractivity contribution >= 4 is 0 Å². The summed E-state index contributed by atoms with van der Waals surface area (Å²) in [5, 5.41) is 0. The van der Waals surface area contributed by atoms with E-state index in [1.807, 2.05) is 12.1 Å². The van der Waals surface area contributed by atoms with E-state index in [1.54, 1.807) is 7.11 Å². The lowest BCUT2D eigenvalue weighted by Crippen LogP contribution is -2.43. The molecule has 4 nitrogen and oxygen atoms in total. The topological polar surface area (TPSA) is 51.4 Å². The first-order valence-corrected chi connectivity index (χ1v) is 7.30. The third-order valence-corrected chi connectivity index (χ3v) is 4.37. The number of hydrogen-bond acceptors (Lipinski definition) is 4. The van der Waals surface area contributed by atoms with E-state index in [-0.39, 0.29) is 0 Å². The van der Waals surface area contributed by atoms with E-state index in [2.05, 4.69) is 16.0 Å². The summed E-state index contributed by atoms with van der Waals surface area (Å²) in [5.74, 6) is 1.23. The number of nitrogens with two attached hydrogens (primary N) is 1. The fourth-order valence-electron chi connectivity index (χ4n) is 3.29. The molecule has 0 amide bonds. The standard InChI is InChI=1S/C15H23N3O/c1-19-14-6-2-5-13(17-14)15-11(10-16)4-3-9-18(15)12-7-8-12/h2,5-6,11-12,15H,3-4,7-10,16H2,1H3. The Bertz CT molecular complexity index is 433. The van der Waals surface area contributed by atoms with Crippen LogP contribution in [0, 0.1) is 5.92 Å². The summed E-state index contributed by atoms with van der Waals surface area (Å²) in [6.07, 6.45) is 5.14. The molecular weight excluding hydrogens is 238 g/mol. The Labute approximate surface area is 115 Å². The Balaban J connectivity index is 1.90. The lowest BCUT2D eigenvalue weighted by Gasteiger charge is -2.41. The van der Waals surface area contributed by atoms with E-state index in [4.69, 9.17) is 10.5 Å². The predicted molar refractivity (Wildman–Crippen MR) is 75.0 cm³/mol. The Kier molecular flexibility index (Phi) is 3.71. The highest BCUT2D eigenvalue weighted by Gasteiger charge is 2.40. The predicted octanol–water partition coefficient (Wildman–Crippen LogP) is 1.96. The molecule has 2 atom stereocenters. The molecule has 104 valence electrons. The molecule has 19 heavy (non-hydrogen) atoms. The molecular formula is C15H23N3O. The first kappa shape index (κ1) is 12.9. The molecule has 2 unspecified atom stereocenters. The molecule has 0 bridgehead atoms. The van der Waals surface area contributed by atoms with Crippen LogP contribution in [0.5, 0.6) is 5.88 Å². The maximum Gasteiger partial charge on any atom is 0.213 e. The van der Waals surface area contributed by atoms with Crippen LogP contribution in [-0.4, -0.2) is 36.1 Å². The van der Waals surface area contributed by atoms with Gasteiger partial charge in [-0.2, -0.15) is 0 Å². The van der Waals surface area contributed by atoms with Gasteiger partial charge in [0.15, 0.2) is 0 Å². The van der Waals surface area contributed by atoms with Gasteiger partial charge in [-0.3, -0.25) is 4.90 Å². The van der Waals surface area contributed by atoms with Crippen molar-refractivity contribution in [2.45, 2.75) is 37.8 Å². The maximum atomic E-state index is 6.00. The van der Waals surface area contributed by atoms with Crippen molar-refractivity contribution in [1.82, 2.24) is 9.88 Å². The second kappa shape index (κ2) is 5.47. The fraction of sp³-hybridized carbons (Fsp3) is 0.667. The molecule has 2 fully saturated rings. The highest BCUT2D eigenvalue weighted by Crippen LogP contribution is 2.42. The van der Waals surface area contributed by atoms with Crippen LogP contribution < -0.4 is 10.5 Å². The van der Waals surface area contributed by atoms with E-state index < -0.39 is 0 Å². The van der Waals surface area contributed by atoms with Gasteiger partial charge in [0.1, 0.15) is 0 Å². The van der Waals surface area contributed by atoms with E-state index >= 15 is 0 Å². The summed E-state index contributed by atoms with van der Waals surface area (Å²) in [6.45, 7) is 1.93. The minimum Gasteiger partial charge on any atom is -0.481 e. The maximum absolute atomic E-state index is 6.00. The molecule has 1 aromatic heterocycles. The quantitative estimate of drug-likeness (QED) is 0.900. The summed E-state index contributed by atoms with van der Waals surface area (Å²) in [4.78, 5) is 7.28. The molecule has 3 rings (SSSR count). The lowest BCUT2D eigenvalue weighted by molar-refractivity contribution is 0.0846. The molecule has 0 aromatic carbocycles. The first-order chi connectivity index (χ1) is 9.33. The second-order valence-electron chi connectivity index (χ2n) is 5.66. The summed E-state index contributed by atoms with van der Waals surface area (Å²) >= 11 is 0. The highest BCUT2D eigenvalue weighted by atomic mass is 16.5. The number of hydrogen-bond donors (Lipinski definition) is 1. The number of pyridine rings is 1. The molecule has 1 aliphatic heterocycles. The number of nitrogens with zero attached hydrogens (tertiary/aromatic N) is 2. The molecule has 4 heteroatoms. The van der Waals surface area contributed by atoms with Crippen molar-refractivity contribution in [2.75, 3.05) is 20.2 Å². The third-order valence-electron chi connectivity index (χ3n) is 4.37. The monoisotopic (exact) mass is 261 g/mol. The van der Waals surface area contributed by atoms with Gasteiger partial charge in [-0.1, -0.05) is 6.07 Å². The SMILES string of the molecule is COc1cccc(C2C(CN)CCCN2C2CC2)n1. The zero-order chi connectivity index (χ0) is 13.2. The summed E-state index contributed by atoms with van der Waals surface area (Å²) in [6, 6.07) is 7.20. The minimum absolute atomic E-state index is 0.376. The van der Waals surface area contributed by atoms with Gasteiger partial charge in [-0.15, -0.1) is 0 Å². The van der Waals surface area contributed by atoms with Crippen LogP contribution in [0.15, 0.2) is 18.2 Å². The zero-order valence-electron chi connectivity index (χ0n) is 11.6. The van der Waals surface area contributed by atoms with E-state index in [0.29, 0.717) is 17.8 Å². The van der Waals surface area contributed by atoms with Gasteiger partial charge in [-0.25, -0.2) is 4.98 Å². The normalized spacial score (nSPS) is 28.3. The van der Waals surface area contributed by atoms with Crippen molar-refractivity contribution in [3.05, 3.63) is 23.9 Å². The molecule has 2 heterocycles. The van der Waals surface area contributed by atoms with Crippen molar-refractivity contribution < 1.29 is 4.74 Å². The van der Waals surface area contributed by atoms with Crippen LogP contribution in [0.4, 0.5) is 0 Å². The highest BCUT2D eigenvalue weighted by molar-refractivity contribution is 5.20. The van der Waals surface area contributed by atoms with Gasteiger partial charge in [0.25, 0.3) is 0 Å². The number of piperidine rings is 1. The van der Waals surface area contributed by atoms with Crippen LogP contribution >= 0.6 is 0 Å². The summed E-state index contributed by atoms with van der Waals surface area (Å²) in [7, 11) is 1.67. The number of ether oxygens (including phenoxy) is 1. The number of methoxy groups -OCH3 is 1. The van der Waals surface area contributed by atoms with E-state index in [1.165, 1.54) is 32.2 Å². The first-order valence-electron chi connectivity index (χ1n) is 7.30. The van der Waals surface area contributed by atoms with Gasteiger partial charge >= 0.3 is 0 Å². The van der Waals surface area contributed by atoms with Crippen LogP contribution in [-0.2, 0) is 0 Å².